The molecule has 20 heavy (non-hydrogen) atoms. The molecule has 6 heteroatoms. The molecule has 1 unspecified atom stereocenters. The summed E-state index contributed by atoms with van der Waals surface area (Å²) in [5, 5.41) is 0. The summed E-state index contributed by atoms with van der Waals surface area (Å²) in [6, 6.07) is 1.71. The predicted octanol–water partition coefficient (Wildman–Crippen LogP) is 2.05. The van der Waals surface area contributed by atoms with Gasteiger partial charge in [-0.3, -0.25) is 4.79 Å². The number of nitrogen functional groups attached to an aromatic ring is 1. The Kier molecular flexibility index (Phi) is 4.54. The van der Waals surface area contributed by atoms with Gasteiger partial charge in [-0.1, -0.05) is 0 Å². The molecule has 1 aliphatic rings. The Morgan fingerprint density at radius 3 is 2.85 bits per heavy atom. The lowest BCUT2D eigenvalue weighted by Gasteiger charge is -2.32. The van der Waals surface area contributed by atoms with Crippen molar-refractivity contribution in [2.75, 3.05) is 32.5 Å². The van der Waals surface area contributed by atoms with E-state index in [9.17, 15) is 13.6 Å². The van der Waals surface area contributed by atoms with E-state index in [2.05, 4.69) is 0 Å². The molecule has 1 saturated heterocycles. The summed E-state index contributed by atoms with van der Waals surface area (Å²) in [6.45, 7) is 1.72. The van der Waals surface area contributed by atoms with Crippen molar-refractivity contribution in [3.63, 3.8) is 0 Å². The van der Waals surface area contributed by atoms with Crippen LogP contribution in [-0.2, 0) is 4.74 Å². The zero-order valence-electron chi connectivity index (χ0n) is 11.4. The highest BCUT2D eigenvalue weighted by molar-refractivity contribution is 5.99. The number of methoxy groups -OCH3 is 1. The molecule has 1 fully saturated rings. The highest BCUT2D eigenvalue weighted by atomic mass is 19.2. The van der Waals surface area contributed by atoms with Crippen LogP contribution in [0.15, 0.2) is 12.1 Å². The van der Waals surface area contributed by atoms with Crippen LogP contribution in [0.3, 0.4) is 0 Å². The van der Waals surface area contributed by atoms with Gasteiger partial charge in [0, 0.05) is 32.0 Å². The van der Waals surface area contributed by atoms with Gasteiger partial charge in [0.2, 0.25) is 0 Å². The molecule has 0 aromatic heterocycles. The number of carbonyl (C=O) groups is 1. The molecular formula is C14H18F2N2O2. The van der Waals surface area contributed by atoms with E-state index in [4.69, 9.17) is 10.5 Å². The monoisotopic (exact) mass is 284 g/mol. The van der Waals surface area contributed by atoms with E-state index in [0.717, 1.165) is 25.0 Å². The second-order valence-electron chi connectivity index (χ2n) is 5.07. The molecule has 1 aromatic carbocycles. The third-order valence-electron chi connectivity index (χ3n) is 3.53. The molecule has 1 aromatic rings. The number of piperidine rings is 1. The molecule has 0 bridgehead atoms. The molecule has 110 valence electrons. The van der Waals surface area contributed by atoms with Crippen molar-refractivity contribution in [2.24, 2.45) is 5.92 Å². The van der Waals surface area contributed by atoms with Crippen molar-refractivity contribution >= 4 is 11.6 Å². The predicted molar refractivity (Wildman–Crippen MR) is 71.3 cm³/mol. The number of hydrogen-bond donors (Lipinski definition) is 1. The van der Waals surface area contributed by atoms with Crippen molar-refractivity contribution in [1.82, 2.24) is 4.90 Å². The summed E-state index contributed by atoms with van der Waals surface area (Å²) in [5.41, 5.74) is 5.59. The van der Waals surface area contributed by atoms with Gasteiger partial charge in [0.1, 0.15) is 0 Å². The summed E-state index contributed by atoms with van der Waals surface area (Å²) in [6.07, 6.45) is 1.86. The van der Waals surface area contributed by atoms with Crippen LogP contribution in [0.5, 0.6) is 0 Å². The zero-order valence-corrected chi connectivity index (χ0v) is 11.4. The topological polar surface area (TPSA) is 55.6 Å². The molecule has 1 atom stereocenters. The lowest BCUT2D eigenvalue weighted by Crippen LogP contribution is -2.41. The van der Waals surface area contributed by atoms with Crippen molar-refractivity contribution in [1.29, 1.82) is 0 Å². The number of nitrogens with two attached hydrogens (primary N) is 1. The summed E-state index contributed by atoms with van der Waals surface area (Å²) < 4.78 is 31.4. The van der Waals surface area contributed by atoms with Gasteiger partial charge in [-0.05, 0) is 24.8 Å². The van der Waals surface area contributed by atoms with Crippen LogP contribution in [-0.4, -0.2) is 37.6 Å². The van der Waals surface area contributed by atoms with Gasteiger partial charge >= 0.3 is 0 Å². The van der Waals surface area contributed by atoms with Crippen LogP contribution in [0.2, 0.25) is 0 Å². The van der Waals surface area contributed by atoms with Gasteiger partial charge in [0.05, 0.1) is 12.2 Å². The third kappa shape index (κ3) is 3.07. The Morgan fingerprint density at radius 2 is 2.15 bits per heavy atom. The van der Waals surface area contributed by atoms with E-state index in [0.29, 0.717) is 19.7 Å². The maximum atomic E-state index is 13.3. The highest BCUT2D eigenvalue weighted by Crippen LogP contribution is 2.23. The minimum Gasteiger partial charge on any atom is -0.398 e. The van der Waals surface area contributed by atoms with Gasteiger partial charge in [0.25, 0.3) is 5.91 Å². The highest BCUT2D eigenvalue weighted by Gasteiger charge is 2.26. The fourth-order valence-electron chi connectivity index (χ4n) is 2.54. The standard InChI is InChI=1S/C14H18F2N2O2/c1-20-8-9-3-2-4-18(7-9)14(19)10-5-11(15)12(16)6-13(10)17/h5-6,9H,2-4,7-8,17H2,1H3. The minimum atomic E-state index is -1.06. The smallest absolute Gasteiger partial charge is 0.256 e. The maximum absolute atomic E-state index is 13.3. The normalized spacial score (nSPS) is 19.1. The first-order valence-electron chi connectivity index (χ1n) is 6.55. The molecule has 0 aliphatic carbocycles. The summed E-state index contributed by atoms with van der Waals surface area (Å²) in [7, 11) is 1.62. The molecule has 0 spiro atoms. The fourth-order valence-corrected chi connectivity index (χ4v) is 2.54. The number of hydrogen-bond acceptors (Lipinski definition) is 3. The van der Waals surface area contributed by atoms with E-state index in [1.807, 2.05) is 0 Å². The van der Waals surface area contributed by atoms with Crippen LogP contribution in [0.1, 0.15) is 23.2 Å². The largest absolute Gasteiger partial charge is 0.398 e. The number of likely N-dealkylation sites (tertiary alicyclic amines) is 1. The van der Waals surface area contributed by atoms with E-state index in [1.54, 1.807) is 12.0 Å². The molecular weight excluding hydrogens is 266 g/mol. The SMILES string of the molecule is COCC1CCCN(C(=O)c2cc(F)c(F)cc2N)C1. The Morgan fingerprint density at radius 1 is 1.45 bits per heavy atom. The Hall–Kier alpha value is -1.69. The summed E-state index contributed by atoms with van der Waals surface area (Å²) in [5.74, 6) is -2.20. The van der Waals surface area contributed by atoms with Crippen molar-refractivity contribution in [3.05, 3.63) is 29.3 Å². The number of amides is 1. The average molecular weight is 284 g/mol. The fraction of sp³-hybridized carbons (Fsp3) is 0.500. The molecule has 2 rings (SSSR count). The number of nitrogens with zero attached hydrogens (tertiary/aromatic N) is 1. The second-order valence-corrected chi connectivity index (χ2v) is 5.07. The van der Waals surface area contributed by atoms with Gasteiger partial charge < -0.3 is 15.4 Å². The Labute approximate surface area is 116 Å². The van der Waals surface area contributed by atoms with Crippen molar-refractivity contribution < 1.29 is 18.3 Å². The molecule has 0 saturated carbocycles. The first kappa shape index (κ1) is 14.7. The van der Waals surface area contributed by atoms with E-state index in [-0.39, 0.29) is 23.1 Å². The van der Waals surface area contributed by atoms with Crippen LogP contribution in [0.25, 0.3) is 0 Å². The number of ether oxygens (including phenoxy) is 1. The number of benzene rings is 1. The van der Waals surface area contributed by atoms with Crippen LogP contribution >= 0.6 is 0 Å². The molecule has 4 nitrogen and oxygen atoms in total. The number of anilines is 1. The summed E-state index contributed by atoms with van der Waals surface area (Å²) in [4.78, 5) is 14.0. The summed E-state index contributed by atoms with van der Waals surface area (Å²) >= 11 is 0. The lowest BCUT2D eigenvalue weighted by molar-refractivity contribution is 0.0571. The molecule has 1 heterocycles. The number of halogens is 2. The molecule has 1 amide bonds. The van der Waals surface area contributed by atoms with Gasteiger partial charge in [-0.25, -0.2) is 8.78 Å². The van der Waals surface area contributed by atoms with Crippen LogP contribution < -0.4 is 5.73 Å². The first-order chi connectivity index (χ1) is 9.52. The minimum absolute atomic E-state index is 0.0157. The number of carbonyl (C=O) groups excluding carboxylic acids is 1. The maximum Gasteiger partial charge on any atom is 0.256 e. The lowest BCUT2D eigenvalue weighted by atomic mass is 9.98. The zero-order chi connectivity index (χ0) is 14.7. The third-order valence-corrected chi connectivity index (χ3v) is 3.53. The average Bonchev–Trinajstić information content (AvgIpc) is 2.43. The Bertz CT molecular complexity index is 506. The quantitative estimate of drug-likeness (QED) is 0.864. The first-order valence-corrected chi connectivity index (χ1v) is 6.55. The van der Waals surface area contributed by atoms with Gasteiger partial charge in [-0.2, -0.15) is 0 Å². The molecule has 0 radical (unpaired) electrons. The van der Waals surface area contributed by atoms with Crippen molar-refractivity contribution in [3.8, 4) is 0 Å². The van der Waals surface area contributed by atoms with Crippen molar-refractivity contribution in [2.45, 2.75) is 12.8 Å². The van der Waals surface area contributed by atoms with E-state index >= 15 is 0 Å². The van der Waals surface area contributed by atoms with E-state index in [1.165, 1.54) is 0 Å². The number of rotatable bonds is 3. The van der Waals surface area contributed by atoms with Gasteiger partial charge in [-0.15, -0.1) is 0 Å². The van der Waals surface area contributed by atoms with E-state index < -0.39 is 11.6 Å². The molecule has 2 N–H and O–H groups in total. The van der Waals surface area contributed by atoms with Gasteiger partial charge in [0.15, 0.2) is 11.6 Å². The molecule has 1 aliphatic heterocycles. The van der Waals surface area contributed by atoms with Crippen LogP contribution in [0.4, 0.5) is 14.5 Å². The Balaban J connectivity index is 2.16. The second kappa shape index (κ2) is 6.17. The van der Waals surface area contributed by atoms with Crippen LogP contribution in [0, 0.1) is 17.6 Å².